The zero-order valence-corrected chi connectivity index (χ0v) is 19.7. The third kappa shape index (κ3) is 3.45. The van der Waals surface area contributed by atoms with Crippen LogP contribution in [-0.2, 0) is 0 Å². The molecular weight excluding hydrogens is 356 g/mol. The van der Waals surface area contributed by atoms with Crippen LogP contribution in [0.4, 0.5) is 0 Å². The molecule has 4 rings (SSSR count). The van der Waals surface area contributed by atoms with Gasteiger partial charge in [-0.2, -0.15) is 0 Å². The van der Waals surface area contributed by atoms with Gasteiger partial charge in [-0.25, -0.2) is 0 Å². The number of allylic oxidation sites excluding steroid dienone is 1. The molecule has 0 heterocycles. The fraction of sp³-hybridized carbons (Fsp3) is 0.926. The second-order valence-corrected chi connectivity index (χ2v) is 12.4. The average Bonchev–Trinajstić information content (AvgIpc) is 2.99. The summed E-state index contributed by atoms with van der Waals surface area (Å²) < 4.78 is 0. The van der Waals surface area contributed by atoms with Crippen molar-refractivity contribution in [3.05, 3.63) is 11.6 Å². The van der Waals surface area contributed by atoms with E-state index in [1.807, 2.05) is 0 Å². The average molecular weight is 403 g/mol. The molecule has 2 nitrogen and oxygen atoms in total. The van der Waals surface area contributed by atoms with E-state index in [2.05, 4.69) is 40.7 Å². The second-order valence-electron chi connectivity index (χ2n) is 12.4. The number of hydrogen-bond donors (Lipinski definition) is 2. The monoisotopic (exact) mass is 402 g/mol. The molecule has 0 aliphatic heterocycles. The number of fused-ring (bicyclic) bond motifs is 5. The van der Waals surface area contributed by atoms with Gasteiger partial charge in [0.2, 0.25) is 0 Å². The van der Waals surface area contributed by atoms with Gasteiger partial charge in [-0.15, -0.1) is 0 Å². The predicted molar refractivity (Wildman–Crippen MR) is 121 cm³/mol. The van der Waals surface area contributed by atoms with Gasteiger partial charge >= 0.3 is 0 Å². The first-order valence-electron chi connectivity index (χ1n) is 12.7. The molecule has 2 heteroatoms. The highest BCUT2D eigenvalue weighted by atomic mass is 16.3. The van der Waals surface area contributed by atoms with Gasteiger partial charge < -0.3 is 10.2 Å². The molecule has 3 saturated carbocycles. The van der Waals surface area contributed by atoms with Crippen LogP contribution in [0, 0.1) is 40.4 Å². The first-order valence-corrected chi connectivity index (χ1v) is 12.7. The number of aliphatic hydroxyl groups excluding tert-OH is 1. The Hall–Kier alpha value is -0.340. The van der Waals surface area contributed by atoms with E-state index in [9.17, 15) is 10.2 Å². The summed E-state index contributed by atoms with van der Waals surface area (Å²) in [6, 6.07) is 0. The fourth-order valence-corrected chi connectivity index (χ4v) is 8.52. The van der Waals surface area contributed by atoms with E-state index >= 15 is 0 Å². The molecule has 0 bridgehead atoms. The lowest BCUT2D eigenvalue weighted by Gasteiger charge is -2.61. The van der Waals surface area contributed by atoms with Crippen molar-refractivity contribution in [3.8, 4) is 0 Å². The van der Waals surface area contributed by atoms with Gasteiger partial charge in [0.05, 0.1) is 11.7 Å². The van der Waals surface area contributed by atoms with Crippen molar-refractivity contribution in [2.24, 2.45) is 40.4 Å². The smallest absolute Gasteiger partial charge is 0.0765 e. The Morgan fingerprint density at radius 3 is 2.48 bits per heavy atom. The van der Waals surface area contributed by atoms with E-state index < -0.39 is 5.60 Å². The Morgan fingerprint density at radius 2 is 1.76 bits per heavy atom. The summed E-state index contributed by atoms with van der Waals surface area (Å²) >= 11 is 0. The molecule has 4 aliphatic rings. The topological polar surface area (TPSA) is 40.5 Å². The van der Waals surface area contributed by atoms with Crippen LogP contribution in [0.3, 0.4) is 0 Å². The van der Waals surface area contributed by atoms with Crippen LogP contribution in [-0.4, -0.2) is 21.9 Å². The van der Waals surface area contributed by atoms with E-state index in [4.69, 9.17) is 0 Å². The van der Waals surface area contributed by atoms with E-state index in [-0.39, 0.29) is 11.5 Å². The van der Waals surface area contributed by atoms with Crippen molar-refractivity contribution in [1.29, 1.82) is 0 Å². The molecule has 0 spiro atoms. The van der Waals surface area contributed by atoms with Crippen molar-refractivity contribution in [1.82, 2.24) is 0 Å². The van der Waals surface area contributed by atoms with Crippen LogP contribution in [0.5, 0.6) is 0 Å². The van der Waals surface area contributed by atoms with Crippen LogP contribution in [0.15, 0.2) is 11.6 Å². The van der Waals surface area contributed by atoms with Crippen molar-refractivity contribution in [2.45, 2.75) is 117 Å². The maximum atomic E-state index is 11.5. The molecule has 1 unspecified atom stereocenters. The Bertz CT molecular complexity index is 638. The maximum absolute atomic E-state index is 11.5. The second kappa shape index (κ2) is 7.66. The van der Waals surface area contributed by atoms with E-state index in [1.165, 1.54) is 44.9 Å². The van der Waals surface area contributed by atoms with Crippen molar-refractivity contribution < 1.29 is 10.2 Å². The zero-order valence-electron chi connectivity index (χ0n) is 19.7. The van der Waals surface area contributed by atoms with Crippen LogP contribution >= 0.6 is 0 Å². The van der Waals surface area contributed by atoms with Crippen molar-refractivity contribution in [2.75, 3.05) is 0 Å². The molecule has 3 fully saturated rings. The molecule has 29 heavy (non-hydrogen) atoms. The lowest BCUT2D eigenvalue weighted by Crippen LogP contribution is -2.59. The molecular formula is C27H46O2. The van der Waals surface area contributed by atoms with Crippen molar-refractivity contribution in [3.63, 3.8) is 0 Å². The standard InChI is InChI=1S/C27H46O2/c1-18(2)7-6-8-19(3)22-9-10-23-21-12-16-27(29)17-20(28)11-15-26(27,5)24(21)13-14-25(22,23)4/h12,18-20,22-24,28-29H,6-11,13-17H2,1-5H3/t19?,20-,22+,23-,24-,25+,26+,27+/m0/s1. The molecule has 0 radical (unpaired) electrons. The normalized spacial score (nSPS) is 47.9. The van der Waals surface area contributed by atoms with Gasteiger partial charge in [0, 0.05) is 11.8 Å². The molecule has 0 aromatic carbocycles. The summed E-state index contributed by atoms with van der Waals surface area (Å²) in [5.74, 6) is 3.78. The molecule has 4 aliphatic carbocycles. The summed E-state index contributed by atoms with van der Waals surface area (Å²) in [6.45, 7) is 12.2. The van der Waals surface area contributed by atoms with Crippen LogP contribution in [0.25, 0.3) is 0 Å². The van der Waals surface area contributed by atoms with Gasteiger partial charge in [-0.05, 0) is 80.0 Å². The predicted octanol–water partition coefficient (Wildman–Crippen LogP) is 6.50. The van der Waals surface area contributed by atoms with Crippen molar-refractivity contribution >= 4 is 0 Å². The van der Waals surface area contributed by atoms with Crippen LogP contribution in [0.2, 0.25) is 0 Å². The minimum absolute atomic E-state index is 0.0430. The Morgan fingerprint density at radius 1 is 1.00 bits per heavy atom. The Kier molecular flexibility index (Phi) is 5.78. The summed E-state index contributed by atoms with van der Waals surface area (Å²) in [7, 11) is 0. The third-order valence-electron chi connectivity index (χ3n) is 10.4. The van der Waals surface area contributed by atoms with E-state index in [0.29, 0.717) is 17.8 Å². The fourth-order valence-electron chi connectivity index (χ4n) is 8.52. The zero-order chi connectivity index (χ0) is 21.0. The molecule has 166 valence electrons. The quantitative estimate of drug-likeness (QED) is 0.515. The minimum Gasteiger partial charge on any atom is -0.393 e. The SMILES string of the molecule is CC(C)CCCC(C)[C@H]1CC[C@H]2C3=CC[C@@]4(O)C[C@@H](O)CC[C@]4(C)[C@H]3CC[C@]12C. The molecule has 0 aromatic rings. The van der Waals surface area contributed by atoms with Gasteiger partial charge in [0.15, 0.2) is 0 Å². The van der Waals surface area contributed by atoms with Crippen LogP contribution < -0.4 is 0 Å². The Balaban J connectivity index is 1.53. The Labute approximate surface area is 179 Å². The van der Waals surface area contributed by atoms with E-state index in [0.717, 1.165) is 42.9 Å². The first kappa shape index (κ1) is 21.9. The summed E-state index contributed by atoms with van der Waals surface area (Å²) in [6.07, 6.45) is 14.8. The lowest BCUT2D eigenvalue weighted by atomic mass is 9.46. The first-order chi connectivity index (χ1) is 13.6. The van der Waals surface area contributed by atoms with Gasteiger partial charge in [0.1, 0.15) is 0 Å². The highest BCUT2D eigenvalue weighted by Gasteiger charge is 2.62. The van der Waals surface area contributed by atoms with Gasteiger partial charge in [0.25, 0.3) is 0 Å². The molecule has 8 atom stereocenters. The lowest BCUT2D eigenvalue weighted by molar-refractivity contribution is -0.168. The van der Waals surface area contributed by atoms with E-state index in [1.54, 1.807) is 5.57 Å². The highest BCUT2D eigenvalue weighted by molar-refractivity contribution is 5.30. The molecule has 2 N–H and O–H groups in total. The summed E-state index contributed by atoms with van der Waals surface area (Å²) in [5.41, 5.74) is 1.42. The molecule has 0 amide bonds. The number of hydrogen-bond acceptors (Lipinski definition) is 2. The third-order valence-corrected chi connectivity index (χ3v) is 10.4. The highest BCUT2D eigenvalue weighted by Crippen LogP contribution is 2.67. The summed E-state index contributed by atoms with van der Waals surface area (Å²) in [4.78, 5) is 0. The van der Waals surface area contributed by atoms with Gasteiger partial charge in [-0.1, -0.05) is 65.5 Å². The van der Waals surface area contributed by atoms with Crippen LogP contribution in [0.1, 0.15) is 105 Å². The summed E-state index contributed by atoms with van der Waals surface area (Å²) in [5, 5.41) is 21.8. The molecule has 0 aromatic heterocycles. The van der Waals surface area contributed by atoms with Gasteiger partial charge in [-0.3, -0.25) is 0 Å². The molecule has 0 saturated heterocycles. The minimum atomic E-state index is -0.700. The maximum Gasteiger partial charge on any atom is 0.0765 e. The largest absolute Gasteiger partial charge is 0.393 e. The number of rotatable bonds is 5. The number of aliphatic hydroxyl groups is 2.